The molecule has 6 nitrogen and oxygen atoms in total. The topological polar surface area (TPSA) is 97.4 Å². The van der Waals surface area contributed by atoms with Crippen molar-refractivity contribution in [2.24, 2.45) is 10.2 Å². The molecular formula is C13H14N4O2S. The van der Waals surface area contributed by atoms with Gasteiger partial charge in [-0.2, -0.15) is 5.10 Å². The summed E-state index contributed by atoms with van der Waals surface area (Å²) in [4.78, 5) is 4.00. The first-order valence-corrected chi connectivity index (χ1v) is 7.35. The molecule has 3 N–H and O–H groups in total. The normalized spacial score (nSPS) is 12.2. The van der Waals surface area contributed by atoms with E-state index in [0.717, 1.165) is 11.3 Å². The molecule has 0 atom stereocenters. The molecule has 20 heavy (non-hydrogen) atoms. The third-order valence-electron chi connectivity index (χ3n) is 2.63. The van der Waals surface area contributed by atoms with Crippen LogP contribution in [0.2, 0.25) is 0 Å². The minimum Gasteiger partial charge on any atom is -0.278 e. The van der Waals surface area contributed by atoms with Crippen molar-refractivity contribution in [2.45, 2.75) is 11.8 Å². The van der Waals surface area contributed by atoms with Gasteiger partial charge in [-0.15, -0.1) is 0 Å². The summed E-state index contributed by atoms with van der Waals surface area (Å²) < 4.78 is 22.2. The third-order valence-corrected chi connectivity index (χ3v) is 3.56. The van der Waals surface area contributed by atoms with Gasteiger partial charge in [-0.3, -0.25) is 10.4 Å². The molecule has 0 radical (unpaired) electrons. The van der Waals surface area contributed by atoms with Gasteiger partial charge >= 0.3 is 0 Å². The lowest BCUT2D eigenvalue weighted by Crippen LogP contribution is -2.11. The average Bonchev–Trinajstić information content (AvgIpc) is 2.45. The van der Waals surface area contributed by atoms with E-state index in [0.29, 0.717) is 5.69 Å². The van der Waals surface area contributed by atoms with Gasteiger partial charge in [0.25, 0.3) is 0 Å². The molecule has 0 aliphatic rings. The van der Waals surface area contributed by atoms with Crippen LogP contribution in [0.25, 0.3) is 0 Å². The van der Waals surface area contributed by atoms with Crippen molar-refractivity contribution in [1.29, 1.82) is 0 Å². The van der Waals surface area contributed by atoms with Crippen molar-refractivity contribution >= 4 is 21.4 Å². The van der Waals surface area contributed by atoms with Gasteiger partial charge in [-0.1, -0.05) is 0 Å². The Morgan fingerprint density at radius 1 is 1.15 bits per heavy atom. The van der Waals surface area contributed by atoms with Crippen molar-refractivity contribution in [2.75, 3.05) is 5.43 Å². The first kappa shape index (κ1) is 14.2. The maximum absolute atomic E-state index is 11.1. The van der Waals surface area contributed by atoms with Crippen LogP contribution in [0, 0.1) is 0 Å². The van der Waals surface area contributed by atoms with Crippen LogP contribution in [-0.2, 0) is 10.0 Å². The molecule has 0 saturated heterocycles. The molecule has 2 rings (SSSR count). The molecule has 0 amide bonds. The number of rotatable bonds is 4. The highest BCUT2D eigenvalue weighted by Crippen LogP contribution is 2.13. The van der Waals surface area contributed by atoms with Crippen LogP contribution in [0.4, 0.5) is 5.69 Å². The highest BCUT2D eigenvalue weighted by molar-refractivity contribution is 7.89. The molecule has 104 valence electrons. The number of anilines is 1. The fraction of sp³-hybridized carbons (Fsp3) is 0.0769. The molecule has 0 unspecified atom stereocenters. The second kappa shape index (κ2) is 5.81. The van der Waals surface area contributed by atoms with Crippen molar-refractivity contribution in [3.05, 3.63) is 54.4 Å². The summed E-state index contributed by atoms with van der Waals surface area (Å²) in [5.74, 6) is 0. The van der Waals surface area contributed by atoms with Crippen LogP contribution in [0.3, 0.4) is 0 Å². The van der Waals surface area contributed by atoms with Gasteiger partial charge in [0.15, 0.2) is 0 Å². The SMILES string of the molecule is CC(=NNc1ccc(S(N)(=O)=O)cc1)c1ccncc1. The van der Waals surface area contributed by atoms with Gasteiger partial charge in [-0.05, 0) is 43.3 Å². The fourth-order valence-electron chi connectivity index (χ4n) is 1.53. The zero-order valence-corrected chi connectivity index (χ0v) is 11.6. The van der Waals surface area contributed by atoms with Gasteiger partial charge in [0.2, 0.25) is 10.0 Å². The lowest BCUT2D eigenvalue weighted by molar-refractivity contribution is 0.598. The van der Waals surface area contributed by atoms with Crippen LogP contribution >= 0.6 is 0 Å². The molecule has 0 fully saturated rings. The van der Waals surface area contributed by atoms with Crippen LogP contribution in [-0.4, -0.2) is 19.1 Å². The number of primary sulfonamides is 1. The largest absolute Gasteiger partial charge is 0.278 e. The Bertz CT molecular complexity index is 710. The number of pyridine rings is 1. The average molecular weight is 290 g/mol. The molecule has 0 aliphatic carbocycles. The summed E-state index contributed by atoms with van der Waals surface area (Å²) in [6, 6.07) is 9.76. The van der Waals surface area contributed by atoms with Gasteiger partial charge < -0.3 is 0 Å². The van der Waals surface area contributed by atoms with E-state index in [1.807, 2.05) is 19.1 Å². The first-order chi connectivity index (χ1) is 9.47. The number of nitrogens with two attached hydrogens (primary N) is 1. The lowest BCUT2D eigenvalue weighted by Gasteiger charge is -2.04. The lowest BCUT2D eigenvalue weighted by atomic mass is 10.2. The predicted octanol–water partition coefficient (Wildman–Crippen LogP) is 1.57. The molecule has 0 aliphatic heterocycles. The predicted molar refractivity (Wildman–Crippen MR) is 77.9 cm³/mol. The Morgan fingerprint density at radius 3 is 2.30 bits per heavy atom. The molecule has 2 aromatic rings. The maximum Gasteiger partial charge on any atom is 0.238 e. The summed E-state index contributed by atoms with van der Waals surface area (Å²) >= 11 is 0. The van der Waals surface area contributed by atoms with E-state index in [1.54, 1.807) is 24.5 Å². The van der Waals surface area contributed by atoms with E-state index in [1.165, 1.54) is 12.1 Å². The molecule has 0 saturated carbocycles. The Hall–Kier alpha value is -2.25. The molecule has 7 heteroatoms. The number of sulfonamides is 1. The molecule has 0 spiro atoms. The number of hydrazone groups is 1. The zero-order valence-electron chi connectivity index (χ0n) is 10.8. The second-order valence-electron chi connectivity index (χ2n) is 4.11. The van der Waals surface area contributed by atoms with Crippen molar-refractivity contribution in [3.63, 3.8) is 0 Å². The zero-order chi connectivity index (χ0) is 14.6. The number of aromatic nitrogens is 1. The van der Waals surface area contributed by atoms with E-state index in [-0.39, 0.29) is 4.90 Å². The Labute approximate surface area is 117 Å². The second-order valence-corrected chi connectivity index (χ2v) is 5.68. The molecule has 0 bridgehead atoms. The summed E-state index contributed by atoms with van der Waals surface area (Å²) in [6.07, 6.45) is 3.38. The minimum absolute atomic E-state index is 0.0675. The molecular weight excluding hydrogens is 276 g/mol. The van der Waals surface area contributed by atoms with Crippen LogP contribution in [0.15, 0.2) is 58.8 Å². The highest BCUT2D eigenvalue weighted by Gasteiger charge is 2.06. The smallest absolute Gasteiger partial charge is 0.238 e. The number of hydrogen-bond donors (Lipinski definition) is 2. The van der Waals surface area contributed by atoms with E-state index >= 15 is 0 Å². The van der Waals surface area contributed by atoms with Gasteiger partial charge in [0, 0.05) is 18.0 Å². The monoisotopic (exact) mass is 290 g/mol. The van der Waals surface area contributed by atoms with E-state index in [9.17, 15) is 8.42 Å². The summed E-state index contributed by atoms with van der Waals surface area (Å²) in [5, 5.41) is 9.24. The molecule has 1 aromatic heterocycles. The summed E-state index contributed by atoms with van der Waals surface area (Å²) in [7, 11) is -3.66. The quantitative estimate of drug-likeness (QED) is 0.659. The van der Waals surface area contributed by atoms with Crippen LogP contribution < -0.4 is 10.6 Å². The van der Waals surface area contributed by atoms with Crippen molar-refractivity contribution < 1.29 is 8.42 Å². The minimum atomic E-state index is -3.66. The number of benzene rings is 1. The summed E-state index contributed by atoms with van der Waals surface area (Å²) in [5.41, 5.74) is 5.27. The van der Waals surface area contributed by atoms with Crippen LogP contribution in [0.5, 0.6) is 0 Å². The first-order valence-electron chi connectivity index (χ1n) is 5.80. The Morgan fingerprint density at radius 2 is 1.75 bits per heavy atom. The standard InChI is InChI=1S/C13H14N4O2S/c1-10(11-6-8-15-9-7-11)16-17-12-2-4-13(5-3-12)20(14,18)19/h2-9,17H,1H3,(H2,14,18,19). The number of hydrogen-bond acceptors (Lipinski definition) is 5. The Kier molecular flexibility index (Phi) is 4.11. The van der Waals surface area contributed by atoms with Gasteiger partial charge in [0.05, 0.1) is 16.3 Å². The van der Waals surface area contributed by atoms with E-state index < -0.39 is 10.0 Å². The van der Waals surface area contributed by atoms with Crippen LogP contribution in [0.1, 0.15) is 12.5 Å². The fourth-order valence-corrected chi connectivity index (χ4v) is 2.04. The van der Waals surface area contributed by atoms with Crippen molar-refractivity contribution in [3.8, 4) is 0 Å². The molecule has 1 aromatic carbocycles. The maximum atomic E-state index is 11.1. The molecule has 1 heterocycles. The van der Waals surface area contributed by atoms with Gasteiger partial charge in [0.1, 0.15) is 0 Å². The highest BCUT2D eigenvalue weighted by atomic mass is 32.2. The number of nitrogens with one attached hydrogen (secondary N) is 1. The number of nitrogens with zero attached hydrogens (tertiary/aromatic N) is 2. The third kappa shape index (κ3) is 3.62. The van der Waals surface area contributed by atoms with E-state index in [4.69, 9.17) is 5.14 Å². The van der Waals surface area contributed by atoms with Crippen molar-refractivity contribution in [1.82, 2.24) is 4.98 Å². The van der Waals surface area contributed by atoms with E-state index in [2.05, 4.69) is 15.5 Å². The van der Waals surface area contributed by atoms with Gasteiger partial charge in [-0.25, -0.2) is 13.6 Å². The summed E-state index contributed by atoms with van der Waals surface area (Å²) in [6.45, 7) is 1.86. The Balaban J connectivity index is 2.12.